The third-order valence-electron chi connectivity index (χ3n) is 12.9. The Labute approximate surface area is 364 Å². The SMILES string of the molecule is CCCCCCC(CCCC)COc1cc(C=O)sc1-c1cc2c(s1)-c1sc(-c3ccc(C=O)c4nsnc34)cc1C2(CC(CC)CCCC)CC(CC)CCCC. The second kappa shape index (κ2) is 21.7. The molecule has 3 atom stereocenters. The fraction of sp³-hybridized carbons (Fsp3) is 0.592. The number of unbranched alkanes of at least 4 members (excludes halogenated alkanes) is 6. The standard InChI is InChI=1S/C49H66N2O3S4/c1-7-13-17-18-22-35(21-16-10-4)32-54-41-25-37(31-53)55-48(41)43-27-40-47(57-43)46-39(26-42(56-46)38-24-23-36(30-52)44-45(38)51-58-50-44)49(40,28-33(11-5)19-14-8-2)29-34(12-6)20-15-9-3/h23-27,30-31,33-35H,7-22,28-29,32H2,1-6H3. The molecule has 0 bridgehead atoms. The van der Waals surface area contributed by atoms with Crippen molar-refractivity contribution < 1.29 is 14.3 Å². The van der Waals surface area contributed by atoms with Crippen LogP contribution in [0.25, 0.3) is 41.0 Å². The van der Waals surface area contributed by atoms with Gasteiger partial charge in [0, 0.05) is 42.1 Å². The highest BCUT2D eigenvalue weighted by Crippen LogP contribution is 2.63. The number of hydrogen-bond acceptors (Lipinski definition) is 9. The molecule has 5 nitrogen and oxygen atoms in total. The molecule has 9 heteroatoms. The summed E-state index contributed by atoms with van der Waals surface area (Å²) < 4.78 is 16.1. The Hall–Kier alpha value is -2.72. The van der Waals surface area contributed by atoms with E-state index in [-0.39, 0.29) is 5.41 Å². The molecular weight excluding hydrogens is 793 g/mol. The number of fused-ring (bicyclic) bond motifs is 4. The van der Waals surface area contributed by atoms with Crippen molar-refractivity contribution in [2.75, 3.05) is 6.61 Å². The van der Waals surface area contributed by atoms with E-state index in [2.05, 4.69) is 64.1 Å². The quantitative estimate of drug-likeness (QED) is 0.0389. The zero-order valence-electron chi connectivity index (χ0n) is 36.0. The minimum absolute atomic E-state index is 0.116. The van der Waals surface area contributed by atoms with E-state index in [9.17, 15) is 9.59 Å². The zero-order valence-corrected chi connectivity index (χ0v) is 39.2. The van der Waals surface area contributed by atoms with Crippen LogP contribution < -0.4 is 4.74 Å². The molecule has 1 aliphatic rings. The maximum absolute atomic E-state index is 12.4. The Morgan fingerprint density at radius 3 is 1.81 bits per heavy atom. The number of thiophene rings is 3. The minimum atomic E-state index is -0.116. The molecule has 0 saturated carbocycles. The van der Waals surface area contributed by atoms with E-state index >= 15 is 0 Å². The summed E-state index contributed by atoms with van der Waals surface area (Å²) >= 11 is 6.56. The molecule has 1 aromatic carbocycles. The highest BCUT2D eigenvalue weighted by molar-refractivity contribution is 7.28. The normalized spacial score (nSPS) is 16.4. The van der Waals surface area contributed by atoms with Gasteiger partial charge in [-0.1, -0.05) is 138 Å². The van der Waals surface area contributed by atoms with Crippen LogP contribution in [-0.4, -0.2) is 27.9 Å². The summed E-state index contributed by atoms with van der Waals surface area (Å²) in [6.45, 7) is 14.7. The first-order valence-electron chi connectivity index (χ1n) is 22.6. The van der Waals surface area contributed by atoms with Gasteiger partial charge in [-0.2, -0.15) is 8.75 Å². The van der Waals surface area contributed by atoms with Gasteiger partial charge >= 0.3 is 0 Å². The van der Waals surface area contributed by atoms with Gasteiger partial charge in [-0.15, -0.1) is 34.0 Å². The molecule has 5 aromatic rings. The lowest BCUT2D eigenvalue weighted by atomic mass is 9.65. The number of hydrogen-bond donors (Lipinski definition) is 0. The molecule has 0 saturated heterocycles. The predicted molar refractivity (Wildman–Crippen MR) is 252 cm³/mol. The molecular formula is C49H66N2O3S4. The molecule has 0 spiro atoms. The second-order valence-corrected chi connectivity index (χ2v) is 20.7. The Balaban J connectivity index is 1.48. The van der Waals surface area contributed by atoms with Crippen LogP contribution in [-0.2, 0) is 5.41 Å². The van der Waals surface area contributed by atoms with Crippen LogP contribution in [0, 0.1) is 17.8 Å². The average Bonchev–Trinajstić information content (AvgIpc) is 4.09. The summed E-state index contributed by atoms with van der Waals surface area (Å²) in [4.78, 5) is 31.4. The lowest BCUT2D eigenvalue weighted by Gasteiger charge is -2.37. The first kappa shape index (κ1) is 44.8. The summed E-state index contributed by atoms with van der Waals surface area (Å²) in [7, 11) is 0. The monoisotopic (exact) mass is 858 g/mol. The lowest BCUT2D eigenvalue weighted by molar-refractivity contribution is 0.111. The van der Waals surface area contributed by atoms with E-state index in [1.54, 1.807) is 11.3 Å². The van der Waals surface area contributed by atoms with E-state index in [4.69, 9.17) is 9.11 Å². The molecule has 4 aromatic heterocycles. The molecule has 314 valence electrons. The van der Waals surface area contributed by atoms with Crippen molar-refractivity contribution in [2.24, 2.45) is 17.8 Å². The molecule has 0 radical (unpaired) electrons. The third-order valence-corrected chi connectivity index (χ3v) is 17.1. The highest BCUT2D eigenvalue weighted by atomic mass is 32.1. The van der Waals surface area contributed by atoms with Crippen molar-refractivity contribution in [2.45, 2.75) is 163 Å². The van der Waals surface area contributed by atoms with Crippen LogP contribution in [0.1, 0.15) is 188 Å². The Bertz CT molecular complexity index is 2050. The molecule has 1 aliphatic carbocycles. The fourth-order valence-corrected chi connectivity index (χ4v) is 13.7. The number of aromatic nitrogens is 2. The number of aldehydes is 2. The van der Waals surface area contributed by atoms with E-state index < -0.39 is 0 Å². The van der Waals surface area contributed by atoms with E-state index in [0.29, 0.717) is 35.4 Å². The van der Waals surface area contributed by atoms with E-state index in [1.807, 2.05) is 34.8 Å². The summed E-state index contributed by atoms with van der Waals surface area (Å²) in [6, 6.07) is 11.0. The van der Waals surface area contributed by atoms with Crippen LogP contribution in [0.5, 0.6) is 5.75 Å². The van der Waals surface area contributed by atoms with Gasteiger partial charge in [0.15, 0.2) is 12.6 Å². The Morgan fingerprint density at radius 1 is 0.621 bits per heavy atom. The lowest BCUT2D eigenvalue weighted by Crippen LogP contribution is -2.31. The fourth-order valence-electron chi connectivity index (χ4n) is 9.40. The molecule has 6 rings (SSSR count). The van der Waals surface area contributed by atoms with Gasteiger partial charge in [-0.25, -0.2) is 0 Å². The number of carbonyl (C=O) groups is 2. The van der Waals surface area contributed by atoms with Crippen LogP contribution in [0.2, 0.25) is 0 Å². The molecule has 0 N–H and O–H groups in total. The van der Waals surface area contributed by atoms with Crippen molar-refractivity contribution in [3.63, 3.8) is 0 Å². The van der Waals surface area contributed by atoms with Gasteiger partial charge in [0.2, 0.25) is 0 Å². The van der Waals surface area contributed by atoms with Gasteiger partial charge in [0.05, 0.1) is 28.1 Å². The first-order chi connectivity index (χ1) is 28.4. The van der Waals surface area contributed by atoms with Crippen LogP contribution in [0.15, 0.2) is 30.3 Å². The van der Waals surface area contributed by atoms with Crippen molar-refractivity contribution in [1.82, 2.24) is 8.75 Å². The van der Waals surface area contributed by atoms with Gasteiger partial charge in [0.1, 0.15) is 16.8 Å². The Morgan fingerprint density at radius 2 is 1.21 bits per heavy atom. The number of nitrogens with zero attached hydrogens (tertiary/aromatic N) is 2. The molecule has 58 heavy (non-hydrogen) atoms. The summed E-state index contributed by atoms with van der Waals surface area (Å²) in [5.41, 5.74) is 6.03. The maximum atomic E-state index is 12.4. The van der Waals surface area contributed by atoms with E-state index in [0.717, 1.165) is 52.0 Å². The highest BCUT2D eigenvalue weighted by Gasteiger charge is 2.48. The first-order valence-corrected chi connectivity index (χ1v) is 25.8. The van der Waals surface area contributed by atoms with Crippen molar-refractivity contribution in [3.05, 3.63) is 51.9 Å². The van der Waals surface area contributed by atoms with Crippen LogP contribution in [0.3, 0.4) is 0 Å². The molecule has 0 fully saturated rings. The zero-order chi connectivity index (χ0) is 41.1. The molecule has 3 unspecified atom stereocenters. The summed E-state index contributed by atoms with van der Waals surface area (Å²) in [5, 5.41) is 0. The van der Waals surface area contributed by atoms with Crippen LogP contribution >= 0.6 is 45.7 Å². The van der Waals surface area contributed by atoms with Gasteiger partial charge < -0.3 is 4.74 Å². The largest absolute Gasteiger partial charge is 0.492 e. The molecule has 4 heterocycles. The average molecular weight is 859 g/mol. The number of carbonyl (C=O) groups excluding carboxylic acids is 2. The van der Waals surface area contributed by atoms with Gasteiger partial charge in [0.25, 0.3) is 0 Å². The van der Waals surface area contributed by atoms with Crippen molar-refractivity contribution >= 4 is 69.3 Å². The third kappa shape index (κ3) is 9.90. The van der Waals surface area contributed by atoms with E-state index in [1.165, 1.54) is 145 Å². The van der Waals surface area contributed by atoms with Crippen LogP contribution in [0.4, 0.5) is 0 Å². The number of rotatable bonds is 27. The second-order valence-electron chi connectivity index (χ2n) is 16.9. The molecule has 0 amide bonds. The Kier molecular flexibility index (Phi) is 16.8. The maximum Gasteiger partial charge on any atom is 0.160 e. The molecule has 0 aliphatic heterocycles. The summed E-state index contributed by atoms with van der Waals surface area (Å²) in [5.74, 6) is 2.64. The number of ether oxygens (including phenoxy) is 1. The smallest absolute Gasteiger partial charge is 0.160 e. The topological polar surface area (TPSA) is 69.2 Å². The predicted octanol–water partition coefficient (Wildman–Crippen LogP) is 16.5. The van der Waals surface area contributed by atoms with Crippen molar-refractivity contribution in [3.8, 4) is 35.7 Å². The van der Waals surface area contributed by atoms with Crippen molar-refractivity contribution in [1.29, 1.82) is 0 Å². The van der Waals surface area contributed by atoms with Gasteiger partial charge in [-0.05, 0) is 72.8 Å². The van der Waals surface area contributed by atoms with Gasteiger partial charge in [-0.3, -0.25) is 9.59 Å². The number of benzene rings is 1. The summed E-state index contributed by atoms with van der Waals surface area (Å²) in [6.07, 6.45) is 23.9. The minimum Gasteiger partial charge on any atom is -0.492 e.